The van der Waals surface area contributed by atoms with Crippen LogP contribution < -0.4 is 0 Å². The first-order valence-corrected chi connectivity index (χ1v) is 6.01. The van der Waals surface area contributed by atoms with Gasteiger partial charge in [-0.3, -0.25) is 0 Å². The molecule has 0 spiro atoms. The highest BCUT2D eigenvalue weighted by molar-refractivity contribution is 8.16. The molecule has 1 heterocycles. The van der Waals surface area contributed by atoms with Crippen LogP contribution in [0.1, 0.15) is 0 Å². The molecule has 1 atom stereocenters. The van der Waals surface area contributed by atoms with Gasteiger partial charge in [-0.1, -0.05) is 35.3 Å². The van der Waals surface area contributed by atoms with Crippen molar-refractivity contribution in [2.45, 2.75) is 9.79 Å². The van der Waals surface area contributed by atoms with E-state index in [0.29, 0.717) is 0 Å². The molecule has 15 heavy (non-hydrogen) atoms. The van der Waals surface area contributed by atoms with Crippen LogP contribution in [0, 0.1) is 6.07 Å². The molecule has 0 amide bonds. The zero-order chi connectivity index (χ0) is 10.1. The molecule has 1 aliphatic heterocycles. The number of hydrogen-bond acceptors (Lipinski definition) is 2. The quantitative estimate of drug-likeness (QED) is 0.694. The molecule has 73 valence electrons. The molecule has 0 saturated heterocycles. The van der Waals surface area contributed by atoms with Gasteiger partial charge < -0.3 is 0 Å². The molecule has 0 saturated carbocycles. The third-order valence-electron chi connectivity index (χ3n) is 2.30. The molecule has 0 N–H and O–H groups in total. The van der Waals surface area contributed by atoms with Crippen molar-refractivity contribution < 1.29 is 0 Å². The lowest BCUT2D eigenvalue weighted by Crippen LogP contribution is -1.77. The molecule has 3 rings (SSSR count). The summed E-state index contributed by atoms with van der Waals surface area (Å²) in [6.45, 7) is 0. The lowest BCUT2D eigenvalue weighted by molar-refractivity contribution is 1.33. The van der Waals surface area contributed by atoms with Crippen molar-refractivity contribution in [1.82, 2.24) is 0 Å². The van der Waals surface area contributed by atoms with Crippen LogP contribution in [0.4, 0.5) is 5.69 Å². The third kappa shape index (κ3) is 1.45. The summed E-state index contributed by atoms with van der Waals surface area (Å²) in [6.07, 6.45) is 0. The van der Waals surface area contributed by atoms with E-state index < -0.39 is 11.1 Å². The predicted molar refractivity (Wildman–Crippen MR) is 61.8 cm³/mol. The summed E-state index contributed by atoms with van der Waals surface area (Å²) < 4.78 is 4.35. The van der Waals surface area contributed by atoms with E-state index in [4.69, 9.17) is 0 Å². The zero-order valence-electron chi connectivity index (χ0n) is 7.96. The topological polar surface area (TPSA) is 24.7 Å². The van der Waals surface area contributed by atoms with Crippen LogP contribution in [0.3, 0.4) is 0 Å². The predicted octanol–water partition coefficient (Wildman–Crippen LogP) is 3.92. The highest BCUT2D eigenvalue weighted by Gasteiger charge is 2.17. The number of fused-ring (bicyclic) bond motifs is 1. The molecule has 1 unspecified atom stereocenters. The normalized spacial score (nSPS) is 20.1. The minimum atomic E-state index is -0.618. The average molecular weight is 213 g/mol. The van der Waals surface area contributed by atoms with Gasteiger partial charge in [-0.05, 0) is 30.3 Å². The molecule has 2 aromatic carbocycles. The molecule has 2 nitrogen and oxygen atoms in total. The van der Waals surface area contributed by atoms with Gasteiger partial charge in [0.2, 0.25) is 0 Å². The zero-order valence-corrected chi connectivity index (χ0v) is 8.85. The van der Waals surface area contributed by atoms with Gasteiger partial charge in [0.15, 0.2) is 0 Å². The molecule has 1 radical (unpaired) electrons. The Morgan fingerprint density at radius 2 is 1.80 bits per heavy atom. The van der Waals surface area contributed by atoms with E-state index in [1.807, 2.05) is 30.3 Å². The van der Waals surface area contributed by atoms with E-state index >= 15 is 0 Å². The second-order valence-electron chi connectivity index (χ2n) is 3.25. The van der Waals surface area contributed by atoms with E-state index in [9.17, 15) is 0 Å². The Balaban J connectivity index is 2.09. The molecule has 1 aliphatic rings. The van der Waals surface area contributed by atoms with Crippen molar-refractivity contribution in [3.63, 3.8) is 0 Å². The highest BCUT2D eigenvalue weighted by atomic mass is 32.2. The van der Waals surface area contributed by atoms with Crippen molar-refractivity contribution in [1.29, 1.82) is 0 Å². The molecule has 0 fully saturated rings. The summed E-state index contributed by atoms with van der Waals surface area (Å²) >= 11 is -0.618. The van der Waals surface area contributed by atoms with E-state index in [1.165, 1.54) is 9.79 Å². The van der Waals surface area contributed by atoms with E-state index in [2.05, 4.69) is 33.9 Å². The molecule has 0 aromatic heterocycles. The van der Waals surface area contributed by atoms with Crippen LogP contribution in [0.15, 0.2) is 68.0 Å². The summed E-state index contributed by atoms with van der Waals surface area (Å²) in [4.78, 5) is 2.48. The lowest BCUT2D eigenvalue weighted by Gasteiger charge is -2.11. The number of thiol groups is 1. The van der Waals surface area contributed by atoms with Gasteiger partial charge >= 0.3 is 0 Å². The van der Waals surface area contributed by atoms with E-state index in [0.717, 1.165) is 5.69 Å². The average Bonchev–Trinajstić information content (AvgIpc) is 2.74. The molecule has 3 heteroatoms. The Kier molecular flexibility index (Phi) is 2.03. The summed E-state index contributed by atoms with van der Waals surface area (Å²) in [6, 6.07) is 19.1. The lowest BCUT2D eigenvalue weighted by atomic mass is 10.3. The number of nitrogens with zero attached hydrogens (tertiary/aromatic N) is 2. The Bertz CT molecular complexity index is 508. The second kappa shape index (κ2) is 3.51. The SMILES string of the molecule is [c]1ccc([SH]2N=Nc3ccccc32)cc1. The summed E-state index contributed by atoms with van der Waals surface area (Å²) in [5.41, 5.74) is 1.01. The maximum Gasteiger partial charge on any atom is 0.100 e. The van der Waals surface area contributed by atoms with E-state index in [-0.39, 0.29) is 0 Å². The standard InChI is InChI=1S/C12H9N2S/c1-2-6-10(7-3-1)15-12-9-5-4-8-11(12)13-14-15/h2-9,15H. The molecular formula is C12H9N2S. The highest BCUT2D eigenvalue weighted by Crippen LogP contribution is 2.54. The van der Waals surface area contributed by atoms with Crippen LogP contribution >= 0.6 is 11.1 Å². The Hall–Kier alpha value is -1.61. The molecule has 2 aromatic rings. The maximum atomic E-state index is 4.35. The third-order valence-corrected chi connectivity index (χ3v) is 4.19. The first-order chi connectivity index (χ1) is 7.45. The number of benzene rings is 2. The smallest absolute Gasteiger partial charge is 0.100 e. The van der Waals surface area contributed by atoms with Crippen LogP contribution in [0.2, 0.25) is 0 Å². The van der Waals surface area contributed by atoms with Gasteiger partial charge in [0, 0.05) is 9.79 Å². The van der Waals surface area contributed by atoms with Crippen LogP contribution in [0.5, 0.6) is 0 Å². The largest absolute Gasteiger partial charge is 0.144 e. The van der Waals surface area contributed by atoms with Gasteiger partial charge in [-0.25, -0.2) is 0 Å². The molecule has 0 aliphatic carbocycles. The number of hydrogen-bond donors (Lipinski definition) is 1. The van der Waals surface area contributed by atoms with Gasteiger partial charge in [0.25, 0.3) is 0 Å². The van der Waals surface area contributed by atoms with Crippen molar-refractivity contribution in [2.75, 3.05) is 0 Å². The first kappa shape index (κ1) is 8.68. The van der Waals surface area contributed by atoms with Crippen molar-refractivity contribution in [2.24, 2.45) is 9.63 Å². The van der Waals surface area contributed by atoms with Crippen molar-refractivity contribution >= 4 is 16.8 Å². The van der Waals surface area contributed by atoms with E-state index in [1.54, 1.807) is 0 Å². The van der Waals surface area contributed by atoms with Crippen LogP contribution in [0.25, 0.3) is 0 Å². The fourth-order valence-corrected chi connectivity index (χ4v) is 3.24. The van der Waals surface area contributed by atoms with Crippen molar-refractivity contribution in [3.8, 4) is 0 Å². The fourth-order valence-electron chi connectivity index (χ4n) is 1.58. The second-order valence-corrected chi connectivity index (χ2v) is 5.05. The van der Waals surface area contributed by atoms with Crippen LogP contribution in [-0.4, -0.2) is 0 Å². The minimum Gasteiger partial charge on any atom is -0.144 e. The van der Waals surface area contributed by atoms with Gasteiger partial charge in [-0.2, -0.15) is 0 Å². The molecular weight excluding hydrogens is 204 g/mol. The van der Waals surface area contributed by atoms with Gasteiger partial charge in [0.05, 0.1) is 0 Å². The Morgan fingerprint density at radius 1 is 1.00 bits per heavy atom. The van der Waals surface area contributed by atoms with Crippen LogP contribution in [-0.2, 0) is 0 Å². The minimum absolute atomic E-state index is 0.618. The summed E-state index contributed by atoms with van der Waals surface area (Å²) in [5.74, 6) is 0. The summed E-state index contributed by atoms with van der Waals surface area (Å²) in [7, 11) is 0. The number of rotatable bonds is 1. The summed E-state index contributed by atoms with van der Waals surface area (Å²) in [5, 5.41) is 4.20. The molecule has 0 bridgehead atoms. The van der Waals surface area contributed by atoms with Crippen molar-refractivity contribution in [3.05, 3.63) is 54.6 Å². The van der Waals surface area contributed by atoms with Gasteiger partial charge in [0.1, 0.15) is 5.69 Å². The fraction of sp³-hybridized carbons (Fsp3) is 0. The Morgan fingerprint density at radius 3 is 2.67 bits per heavy atom. The maximum absolute atomic E-state index is 4.35. The van der Waals surface area contributed by atoms with Gasteiger partial charge in [-0.15, -0.1) is 9.63 Å². The Labute approximate surface area is 91.2 Å². The first-order valence-electron chi connectivity index (χ1n) is 4.72. The monoisotopic (exact) mass is 213 g/mol.